The minimum atomic E-state index is -1.20. The summed E-state index contributed by atoms with van der Waals surface area (Å²) in [6.07, 6.45) is -1.38. The highest BCUT2D eigenvalue weighted by atomic mass is 19.1. The summed E-state index contributed by atoms with van der Waals surface area (Å²) >= 11 is 0. The molecule has 0 fully saturated rings. The molecule has 5 nitrogen and oxygen atoms in total. The molecule has 2 unspecified atom stereocenters. The van der Waals surface area contributed by atoms with Crippen LogP contribution in [-0.2, 0) is 14.3 Å². The monoisotopic (exact) mass is 308 g/mol. The molecule has 2 atom stereocenters. The number of carbonyl (C=O) groups is 1. The van der Waals surface area contributed by atoms with Crippen molar-refractivity contribution in [1.82, 2.24) is 10.6 Å². The zero-order valence-corrected chi connectivity index (χ0v) is 14.2. The molecule has 21 heavy (non-hydrogen) atoms. The van der Waals surface area contributed by atoms with Gasteiger partial charge in [0.15, 0.2) is 0 Å². The molecule has 128 valence electrons. The second-order valence-electron chi connectivity index (χ2n) is 4.22. The Kier molecular flexibility index (Phi) is 18.6. The standard InChI is InChI=1S/C13H27FN2O3.C2H6/c1-4-13(17)16-10-12(14)11(3)19-9-8-18-7-6-15-5-2;1-2/h11-12,15H,4-10H2,1-3H3,(H,16,17);1-2H3. The number of alkyl halides is 1. The van der Waals surface area contributed by atoms with Gasteiger partial charge >= 0.3 is 0 Å². The lowest BCUT2D eigenvalue weighted by molar-refractivity contribution is -0.121. The van der Waals surface area contributed by atoms with Crippen LogP contribution in [0.15, 0.2) is 0 Å². The van der Waals surface area contributed by atoms with Crippen molar-refractivity contribution in [3.63, 3.8) is 0 Å². The Hall–Kier alpha value is -0.720. The predicted molar refractivity (Wildman–Crippen MR) is 84.3 cm³/mol. The summed E-state index contributed by atoms with van der Waals surface area (Å²) < 4.78 is 24.2. The number of hydrogen-bond acceptors (Lipinski definition) is 4. The molecule has 1 amide bonds. The maximum atomic E-state index is 13.6. The van der Waals surface area contributed by atoms with Crippen molar-refractivity contribution in [3.05, 3.63) is 0 Å². The fraction of sp³-hybridized carbons (Fsp3) is 0.933. The summed E-state index contributed by atoms with van der Waals surface area (Å²) in [5.41, 5.74) is 0. The smallest absolute Gasteiger partial charge is 0.219 e. The fourth-order valence-electron chi connectivity index (χ4n) is 1.32. The summed E-state index contributed by atoms with van der Waals surface area (Å²) in [4.78, 5) is 11.0. The average Bonchev–Trinajstić information content (AvgIpc) is 2.52. The molecule has 0 heterocycles. The van der Waals surface area contributed by atoms with Gasteiger partial charge in [0.1, 0.15) is 6.17 Å². The van der Waals surface area contributed by atoms with Gasteiger partial charge in [-0.05, 0) is 13.5 Å². The molecule has 0 aromatic rings. The van der Waals surface area contributed by atoms with Crippen molar-refractivity contribution in [2.75, 3.05) is 39.5 Å². The van der Waals surface area contributed by atoms with E-state index in [1.807, 2.05) is 20.8 Å². The SMILES string of the molecule is CC.CCNCCOCCOC(C)C(F)CNC(=O)CC. The Labute approximate surface area is 129 Å². The fourth-order valence-corrected chi connectivity index (χ4v) is 1.32. The number of hydrogen-bond donors (Lipinski definition) is 2. The van der Waals surface area contributed by atoms with Gasteiger partial charge in [-0.3, -0.25) is 4.79 Å². The Morgan fingerprint density at radius 1 is 1.19 bits per heavy atom. The van der Waals surface area contributed by atoms with Gasteiger partial charge in [-0.25, -0.2) is 4.39 Å². The summed E-state index contributed by atoms with van der Waals surface area (Å²) in [5.74, 6) is -0.151. The van der Waals surface area contributed by atoms with Crippen molar-refractivity contribution >= 4 is 5.91 Å². The van der Waals surface area contributed by atoms with Crippen LogP contribution in [0.3, 0.4) is 0 Å². The number of carbonyl (C=O) groups excluding carboxylic acids is 1. The first-order valence-electron chi connectivity index (χ1n) is 7.92. The van der Waals surface area contributed by atoms with Crippen LogP contribution in [0.2, 0.25) is 0 Å². The largest absolute Gasteiger partial charge is 0.378 e. The van der Waals surface area contributed by atoms with Gasteiger partial charge < -0.3 is 20.1 Å². The Balaban J connectivity index is 0. The van der Waals surface area contributed by atoms with E-state index in [1.54, 1.807) is 13.8 Å². The molecule has 0 spiro atoms. The third-order valence-corrected chi connectivity index (χ3v) is 2.61. The second-order valence-corrected chi connectivity index (χ2v) is 4.22. The maximum absolute atomic E-state index is 13.6. The number of rotatable bonds is 12. The molecule has 0 bridgehead atoms. The van der Waals surface area contributed by atoms with Gasteiger partial charge in [-0.2, -0.15) is 0 Å². The van der Waals surface area contributed by atoms with E-state index in [0.717, 1.165) is 13.1 Å². The number of nitrogens with one attached hydrogen (secondary N) is 2. The summed E-state index contributed by atoms with van der Waals surface area (Å²) in [6.45, 7) is 12.6. The first-order chi connectivity index (χ1) is 10.1. The lowest BCUT2D eigenvalue weighted by atomic mass is 10.2. The van der Waals surface area contributed by atoms with E-state index in [0.29, 0.717) is 26.2 Å². The van der Waals surface area contributed by atoms with Crippen LogP contribution in [0, 0.1) is 0 Å². The molecular formula is C15H33FN2O3. The van der Waals surface area contributed by atoms with E-state index in [4.69, 9.17) is 9.47 Å². The number of ether oxygens (including phenoxy) is 2. The van der Waals surface area contributed by atoms with Crippen molar-refractivity contribution in [3.8, 4) is 0 Å². The Morgan fingerprint density at radius 3 is 2.43 bits per heavy atom. The zero-order valence-electron chi connectivity index (χ0n) is 14.2. The molecule has 2 N–H and O–H groups in total. The molecule has 0 aliphatic carbocycles. The normalized spacial score (nSPS) is 13.0. The lowest BCUT2D eigenvalue weighted by Crippen LogP contribution is -2.36. The first kappa shape index (κ1) is 22.6. The minimum Gasteiger partial charge on any atom is -0.378 e. The van der Waals surface area contributed by atoms with Crippen molar-refractivity contribution in [2.45, 2.75) is 53.3 Å². The summed E-state index contributed by atoms with van der Waals surface area (Å²) in [6, 6.07) is 0. The Morgan fingerprint density at radius 2 is 1.86 bits per heavy atom. The van der Waals surface area contributed by atoms with Gasteiger partial charge in [0, 0.05) is 13.0 Å². The third kappa shape index (κ3) is 15.5. The van der Waals surface area contributed by atoms with Crippen molar-refractivity contribution in [1.29, 1.82) is 0 Å². The van der Waals surface area contributed by atoms with E-state index in [9.17, 15) is 9.18 Å². The summed E-state index contributed by atoms with van der Waals surface area (Å²) in [7, 11) is 0. The van der Waals surface area contributed by atoms with Crippen LogP contribution >= 0.6 is 0 Å². The molecule has 0 aromatic carbocycles. The van der Waals surface area contributed by atoms with E-state index in [1.165, 1.54) is 0 Å². The first-order valence-corrected chi connectivity index (χ1v) is 7.92. The molecular weight excluding hydrogens is 275 g/mol. The van der Waals surface area contributed by atoms with E-state index < -0.39 is 12.3 Å². The number of amides is 1. The van der Waals surface area contributed by atoms with Crippen LogP contribution in [0.1, 0.15) is 41.0 Å². The number of likely N-dealkylation sites (N-methyl/N-ethyl adjacent to an activating group) is 1. The van der Waals surface area contributed by atoms with E-state index in [2.05, 4.69) is 10.6 Å². The van der Waals surface area contributed by atoms with Gasteiger partial charge in [-0.15, -0.1) is 0 Å². The maximum Gasteiger partial charge on any atom is 0.219 e. The van der Waals surface area contributed by atoms with Crippen molar-refractivity contribution < 1.29 is 18.7 Å². The minimum absolute atomic E-state index is 0.00484. The molecule has 0 saturated carbocycles. The lowest BCUT2D eigenvalue weighted by Gasteiger charge is -2.18. The Bertz CT molecular complexity index is 231. The van der Waals surface area contributed by atoms with E-state index in [-0.39, 0.29) is 12.5 Å². The summed E-state index contributed by atoms with van der Waals surface area (Å²) in [5, 5.41) is 5.64. The van der Waals surface area contributed by atoms with Gasteiger partial charge in [0.2, 0.25) is 5.91 Å². The highest BCUT2D eigenvalue weighted by Gasteiger charge is 2.17. The highest BCUT2D eigenvalue weighted by Crippen LogP contribution is 2.02. The van der Waals surface area contributed by atoms with Gasteiger partial charge in [-0.1, -0.05) is 27.7 Å². The molecule has 0 aromatic heterocycles. The second kappa shape index (κ2) is 17.3. The zero-order chi connectivity index (χ0) is 16.5. The van der Waals surface area contributed by atoms with Crippen molar-refractivity contribution in [2.24, 2.45) is 0 Å². The van der Waals surface area contributed by atoms with Gasteiger partial charge in [0.25, 0.3) is 0 Å². The van der Waals surface area contributed by atoms with Crippen LogP contribution in [0.25, 0.3) is 0 Å². The molecule has 0 saturated heterocycles. The predicted octanol–water partition coefficient (Wildman–Crippen LogP) is 1.91. The molecule has 0 radical (unpaired) electrons. The number of halogens is 1. The van der Waals surface area contributed by atoms with Crippen LogP contribution in [-0.4, -0.2) is 57.6 Å². The van der Waals surface area contributed by atoms with E-state index >= 15 is 0 Å². The third-order valence-electron chi connectivity index (χ3n) is 2.61. The van der Waals surface area contributed by atoms with Crippen LogP contribution in [0.5, 0.6) is 0 Å². The highest BCUT2D eigenvalue weighted by molar-refractivity contribution is 5.75. The molecule has 0 aliphatic heterocycles. The quantitative estimate of drug-likeness (QED) is 0.541. The molecule has 0 rings (SSSR count). The molecule has 6 heteroatoms. The van der Waals surface area contributed by atoms with Gasteiger partial charge in [0.05, 0.1) is 32.5 Å². The molecule has 0 aliphatic rings. The van der Waals surface area contributed by atoms with Crippen LogP contribution < -0.4 is 10.6 Å². The topological polar surface area (TPSA) is 59.6 Å². The average molecular weight is 308 g/mol. The van der Waals surface area contributed by atoms with Crippen LogP contribution in [0.4, 0.5) is 4.39 Å².